The van der Waals surface area contributed by atoms with Crippen molar-refractivity contribution in [2.45, 2.75) is 32.8 Å². The summed E-state index contributed by atoms with van der Waals surface area (Å²) < 4.78 is 0. The van der Waals surface area contributed by atoms with Gasteiger partial charge in [-0.25, -0.2) is 0 Å². The number of anilines is 1. The van der Waals surface area contributed by atoms with E-state index in [0.29, 0.717) is 5.69 Å². The fourth-order valence-electron chi connectivity index (χ4n) is 1.89. The standard InChI is InChI=1S/C15H22N2O3/c1-11(18)16-13-7-5-12(6-8-13)9-14(19)17(4)10-15(2,3)20/h5-8,20H,9-10H2,1-4H3,(H,16,18). The Kier molecular flexibility index (Phi) is 5.27. The maximum atomic E-state index is 12.0. The predicted molar refractivity (Wildman–Crippen MR) is 78.4 cm³/mol. The molecule has 0 saturated heterocycles. The average Bonchev–Trinajstić information content (AvgIpc) is 2.28. The fourth-order valence-corrected chi connectivity index (χ4v) is 1.89. The van der Waals surface area contributed by atoms with E-state index >= 15 is 0 Å². The van der Waals surface area contributed by atoms with E-state index in [1.165, 1.54) is 11.8 Å². The number of aliphatic hydroxyl groups is 1. The molecular formula is C15H22N2O3. The first-order chi connectivity index (χ1) is 9.17. The van der Waals surface area contributed by atoms with Crippen LogP contribution in [-0.2, 0) is 16.0 Å². The van der Waals surface area contributed by atoms with Gasteiger partial charge in [-0.15, -0.1) is 0 Å². The highest BCUT2D eigenvalue weighted by Crippen LogP contribution is 2.11. The van der Waals surface area contributed by atoms with Crippen molar-refractivity contribution in [1.82, 2.24) is 4.90 Å². The Morgan fingerprint density at radius 1 is 1.25 bits per heavy atom. The van der Waals surface area contributed by atoms with Crippen LogP contribution in [0, 0.1) is 0 Å². The monoisotopic (exact) mass is 278 g/mol. The molecule has 0 aromatic heterocycles. The van der Waals surface area contributed by atoms with Crippen molar-refractivity contribution in [3.05, 3.63) is 29.8 Å². The highest BCUT2D eigenvalue weighted by Gasteiger charge is 2.19. The van der Waals surface area contributed by atoms with Crippen LogP contribution >= 0.6 is 0 Å². The van der Waals surface area contributed by atoms with E-state index < -0.39 is 5.60 Å². The number of hydrogen-bond acceptors (Lipinski definition) is 3. The first-order valence-corrected chi connectivity index (χ1v) is 6.50. The molecule has 20 heavy (non-hydrogen) atoms. The van der Waals surface area contributed by atoms with Crippen LogP contribution in [0.2, 0.25) is 0 Å². The topological polar surface area (TPSA) is 69.6 Å². The molecule has 0 aliphatic heterocycles. The molecule has 5 nitrogen and oxygen atoms in total. The van der Waals surface area contributed by atoms with Gasteiger partial charge < -0.3 is 15.3 Å². The van der Waals surface area contributed by atoms with E-state index in [0.717, 1.165) is 5.56 Å². The van der Waals surface area contributed by atoms with Crippen LogP contribution in [0.4, 0.5) is 5.69 Å². The van der Waals surface area contributed by atoms with Gasteiger partial charge in [0.1, 0.15) is 0 Å². The smallest absolute Gasteiger partial charge is 0.226 e. The second kappa shape index (κ2) is 6.52. The van der Waals surface area contributed by atoms with Gasteiger partial charge in [0.05, 0.1) is 12.0 Å². The van der Waals surface area contributed by atoms with Gasteiger partial charge in [-0.05, 0) is 31.5 Å². The third-order valence-electron chi connectivity index (χ3n) is 2.68. The summed E-state index contributed by atoms with van der Waals surface area (Å²) in [5.74, 6) is -0.182. The Morgan fingerprint density at radius 3 is 2.25 bits per heavy atom. The zero-order valence-electron chi connectivity index (χ0n) is 12.4. The zero-order valence-corrected chi connectivity index (χ0v) is 12.4. The summed E-state index contributed by atoms with van der Waals surface area (Å²) in [5.41, 5.74) is 0.671. The van der Waals surface area contributed by atoms with Gasteiger partial charge in [-0.1, -0.05) is 12.1 Å². The molecule has 1 aromatic carbocycles. The average molecular weight is 278 g/mol. The Bertz CT molecular complexity index is 475. The van der Waals surface area contributed by atoms with Crippen LogP contribution in [0.5, 0.6) is 0 Å². The van der Waals surface area contributed by atoms with Crippen LogP contribution in [0.15, 0.2) is 24.3 Å². The number of nitrogens with one attached hydrogen (secondary N) is 1. The lowest BCUT2D eigenvalue weighted by molar-refractivity contribution is -0.131. The zero-order chi connectivity index (χ0) is 15.3. The number of carbonyl (C=O) groups is 2. The number of hydrogen-bond donors (Lipinski definition) is 2. The van der Waals surface area contributed by atoms with E-state index in [1.807, 2.05) is 0 Å². The number of nitrogens with zero attached hydrogens (tertiary/aromatic N) is 1. The summed E-state index contributed by atoms with van der Waals surface area (Å²) in [5, 5.41) is 12.4. The Balaban J connectivity index is 2.60. The third kappa shape index (κ3) is 5.84. The first kappa shape index (κ1) is 16.2. The van der Waals surface area contributed by atoms with E-state index in [9.17, 15) is 14.7 Å². The summed E-state index contributed by atoms with van der Waals surface area (Å²) in [6.07, 6.45) is 0.271. The van der Waals surface area contributed by atoms with E-state index in [-0.39, 0.29) is 24.8 Å². The molecule has 0 aliphatic rings. The van der Waals surface area contributed by atoms with Crippen molar-refractivity contribution < 1.29 is 14.7 Å². The largest absolute Gasteiger partial charge is 0.389 e. The van der Waals surface area contributed by atoms with Gasteiger partial charge >= 0.3 is 0 Å². The molecule has 0 unspecified atom stereocenters. The number of carbonyl (C=O) groups excluding carboxylic acids is 2. The molecule has 0 saturated carbocycles. The Morgan fingerprint density at radius 2 is 1.80 bits per heavy atom. The summed E-state index contributed by atoms with van der Waals surface area (Å²) >= 11 is 0. The van der Waals surface area contributed by atoms with Gasteiger partial charge in [0, 0.05) is 26.2 Å². The lowest BCUT2D eigenvalue weighted by Crippen LogP contribution is -2.40. The number of amides is 2. The second-order valence-electron chi connectivity index (χ2n) is 5.62. The quantitative estimate of drug-likeness (QED) is 0.855. The minimum atomic E-state index is -0.903. The molecule has 0 radical (unpaired) electrons. The molecule has 110 valence electrons. The normalized spacial score (nSPS) is 11.1. The van der Waals surface area contributed by atoms with E-state index in [4.69, 9.17) is 0 Å². The Labute approximate surface area is 119 Å². The Hall–Kier alpha value is -1.88. The van der Waals surface area contributed by atoms with Crippen molar-refractivity contribution in [1.29, 1.82) is 0 Å². The van der Waals surface area contributed by atoms with Crippen LogP contribution in [-0.4, -0.2) is 41.0 Å². The lowest BCUT2D eigenvalue weighted by atomic mass is 10.1. The molecule has 0 spiro atoms. The van der Waals surface area contributed by atoms with Gasteiger partial charge in [0.2, 0.25) is 11.8 Å². The van der Waals surface area contributed by atoms with Gasteiger partial charge in [0.25, 0.3) is 0 Å². The van der Waals surface area contributed by atoms with Crippen LogP contribution < -0.4 is 5.32 Å². The summed E-state index contributed by atoms with van der Waals surface area (Å²) in [4.78, 5) is 24.4. The molecule has 0 bridgehead atoms. The summed E-state index contributed by atoms with van der Waals surface area (Å²) in [6.45, 7) is 5.07. The van der Waals surface area contributed by atoms with Crippen molar-refractivity contribution in [2.24, 2.45) is 0 Å². The van der Waals surface area contributed by atoms with E-state index in [2.05, 4.69) is 5.32 Å². The molecule has 0 fully saturated rings. The van der Waals surface area contributed by atoms with E-state index in [1.54, 1.807) is 45.2 Å². The van der Waals surface area contributed by atoms with Crippen LogP contribution in [0.25, 0.3) is 0 Å². The summed E-state index contributed by atoms with van der Waals surface area (Å²) in [7, 11) is 1.67. The third-order valence-corrected chi connectivity index (χ3v) is 2.68. The molecule has 1 aromatic rings. The predicted octanol–water partition coefficient (Wildman–Crippen LogP) is 1.42. The number of benzene rings is 1. The first-order valence-electron chi connectivity index (χ1n) is 6.50. The highest BCUT2D eigenvalue weighted by atomic mass is 16.3. The van der Waals surface area contributed by atoms with Crippen molar-refractivity contribution in [3.63, 3.8) is 0 Å². The molecule has 0 atom stereocenters. The summed E-state index contributed by atoms with van der Waals surface area (Å²) in [6, 6.07) is 7.14. The van der Waals surface area contributed by atoms with Gasteiger partial charge in [0.15, 0.2) is 0 Å². The van der Waals surface area contributed by atoms with Gasteiger partial charge in [-0.2, -0.15) is 0 Å². The highest BCUT2D eigenvalue weighted by molar-refractivity contribution is 5.88. The maximum absolute atomic E-state index is 12.0. The lowest BCUT2D eigenvalue weighted by Gasteiger charge is -2.25. The SMILES string of the molecule is CC(=O)Nc1ccc(CC(=O)N(C)CC(C)(C)O)cc1. The molecule has 2 amide bonds. The minimum absolute atomic E-state index is 0.0561. The van der Waals surface area contributed by atoms with Crippen molar-refractivity contribution in [2.75, 3.05) is 18.9 Å². The van der Waals surface area contributed by atoms with Crippen LogP contribution in [0.3, 0.4) is 0 Å². The van der Waals surface area contributed by atoms with Crippen molar-refractivity contribution in [3.8, 4) is 0 Å². The number of likely N-dealkylation sites (N-methyl/N-ethyl adjacent to an activating group) is 1. The van der Waals surface area contributed by atoms with Gasteiger partial charge in [-0.3, -0.25) is 9.59 Å². The maximum Gasteiger partial charge on any atom is 0.226 e. The molecule has 1 rings (SSSR count). The molecular weight excluding hydrogens is 256 g/mol. The van der Waals surface area contributed by atoms with Crippen molar-refractivity contribution >= 4 is 17.5 Å². The van der Waals surface area contributed by atoms with Crippen LogP contribution in [0.1, 0.15) is 26.3 Å². The molecule has 5 heteroatoms. The minimum Gasteiger partial charge on any atom is -0.389 e. The molecule has 0 aliphatic carbocycles. The fraction of sp³-hybridized carbons (Fsp3) is 0.467. The number of rotatable bonds is 5. The second-order valence-corrected chi connectivity index (χ2v) is 5.62. The molecule has 2 N–H and O–H groups in total. The molecule has 0 heterocycles.